The van der Waals surface area contributed by atoms with Crippen molar-refractivity contribution in [2.24, 2.45) is 0 Å². The first-order valence-electron chi connectivity index (χ1n) is 9.34. The molecular weight excluding hydrogens is 368 g/mol. The van der Waals surface area contributed by atoms with Crippen LogP contribution in [0.3, 0.4) is 0 Å². The number of carbonyl (C=O) groups is 2. The first kappa shape index (κ1) is 20.3. The van der Waals surface area contributed by atoms with Crippen LogP contribution in [0.25, 0.3) is 11.0 Å². The van der Waals surface area contributed by atoms with E-state index in [2.05, 4.69) is 10.3 Å². The van der Waals surface area contributed by atoms with Crippen LogP contribution in [0, 0.1) is 13.8 Å². The van der Waals surface area contributed by atoms with Gasteiger partial charge in [-0.15, -0.1) is 0 Å². The highest BCUT2D eigenvalue weighted by Crippen LogP contribution is 2.21. The Balaban J connectivity index is 2.11. The number of amides is 2. The zero-order valence-electron chi connectivity index (χ0n) is 17.2. The summed E-state index contributed by atoms with van der Waals surface area (Å²) in [7, 11) is 1.49. The van der Waals surface area contributed by atoms with Gasteiger partial charge in [0.15, 0.2) is 0 Å². The first-order valence-corrected chi connectivity index (χ1v) is 9.34. The minimum absolute atomic E-state index is 0.0115. The maximum Gasteiger partial charge on any atom is 0.295 e. The van der Waals surface area contributed by atoms with Crippen molar-refractivity contribution in [2.75, 3.05) is 17.3 Å². The van der Waals surface area contributed by atoms with Gasteiger partial charge in [-0.3, -0.25) is 23.9 Å². The zero-order chi connectivity index (χ0) is 21.3. The van der Waals surface area contributed by atoms with Crippen molar-refractivity contribution in [2.45, 2.75) is 33.7 Å². The molecular formula is C22H24N4O3. The Morgan fingerprint density at radius 3 is 2.52 bits per heavy atom. The van der Waals surface area contributed by atoms with E-state index in [1.54, 1.807) is 31.2 Å². The van der Waals surface area contributed by atoms with Crippen LogP contribution in [0.15, 0.2) is 47.3 Å². The van der Waals surface area contributed by atoms with Gasteiger partial charge in [-0.25, -0.2) is 4.98 Å². The summed E-state index contributed by atoms with van der Waals surface area (Å²) in [5.74, 6) is -0.653. The van der Waals surface area contributed by atoms with Crippen LogP contribution in [-0.4, -0.2) is 28.4 Å². The average molecular weight is 392 g/mol. The predicted molar refractivity (Wildman–Crippen MR) is 114 cm³/mol. The molecule has 2 amide bonds. The van der Waals surface area contributed by atoms with Gasteiger partial charge in [0.2, 0.25) is 17.6 Å². The van der Waals surface area contributed by atoms with E-state index in [4.69, 9.17) is 0 Å². The molecule has 1 N–H and O–H groups in total. The van der Waals surface area contributed by atoms with Crippen LogP contribution in [0.4, 0.5) is 11.5 Å². The number of hydrogen-bond donors (Lipinski definition) is 1. The Morgan fingerprint density at radius 1 is 1.14 bits per heavy atom. The van der Waals surface area contributed by atoms with Gasteiger partial charge in [0.05, 0.1) is 11.0 Å². The molecule has 0 saturated carbocycles. The summed E-state index contributed by atoms with van der Waals surface area (Å²) in [6.07, 6.45) is 0. The lowest BCUT2D eigenvalue weighted by Gasteiger charge is -2.21. The van der Waals surface area contributed by atoms with Crippen LogP contribution in [0.2, 0.25) is 0 Å². The van der Waals surface area contributed by atoms with Gasteiger partial charge < -0.3 is 5.32 Å². The summed E-state index contributed by atoms with van der Waals surface area (Å²) < 4.78 is 1.39. The molecule has 7 heteroatoms. The van der Waals surface area contributed by atoms with Crippen molar-refractivity contribution >= 4 is 34.4 Å². The molecule has 2 aromatic carbocycles. The third kappa shape index (κ3) is 3.89. The van der Waals surface area contributed by atoms with Gasteiger partial charge in [-0.1, -0.05) is 24.3 Å². The van der Waals surface area contributed by atoms with Gasteiger partial charge in [-0.05, 0) is 50.1 Å². The van der Waals surface area contributed by atoms with Crippen LogP contribution in [0.5, 0.6) is 0 Å². The lowest BCUT2D eigenvalue weighted by molar-refractivity contribution is -0.118. The van der Waals surface area contributed by atoms with Crippen molar-refractivity contribution < 1.29 is 9.59 Å². The van der Waals surface area contributed by atoms with E-state index in [1.165, 1.54) is 23.4 Å². The number of hydrogen-bond acceptors (Lipinski definition) is 4. The number of nitrogens with zero attached hydrogens (tertiary/aromatic N) is 3. The maximum atomic E-state index is 13.2. The fraction of sp³-hybridized carbons (Fsp3) is 0.273. The Morgan fingerprint density at radius 2 is 1.83 bits per heavy atom. The standard InChI is InChI=1S/C22H24N4O3/c1-13-10-11-14(2)18(12-13)24-21(28)15(3)26-19-9-7-6-8-17(19)23-20(22(26)29)25(5)16(4)27/h6-12,15H,1-5H3,(H,24,28). The monoisotopic (exact) mass is 392 g/mol. The van der Waals surface area contributed by atoms with Gasteiger partial charge in [0.1, 0.15) is 6.04 Å². The quantitative estimate of drug-likeness (QED) is 0.739. The molecule has 1 heterocycles. The van der Waals surface area contributed by atoms with Crippen molar-refractivity contribution in [1.82, 2.24) is 9.55 Å². The van der Waals surface area contributed by atoms with Crippen molar-refractivity contribution in [3.8, 4) is 0 Å². The van der Waals surface area contributed by atoms with E-state index in [1.807, 2.05) is 32.0 Å². The van der Waals surface area contributed by atoms with E-state index in [-0.39, 0.29) is 17.6 Å². The molecule has 3 rings (SSSR count). The summed E-state index contributed by atoms with van der Waals surface area (Å²) in [5, 5.41) is 2.91. The molecule has 1 atom stereocenters. The smallest absolute Gasteiger partial charge is 0.295 e. The van der Waals surface area contributed by atoms with E-state index in [0.717, 1.165) is 11.1 Å². The normalized spacial score (nSPS) is 11.9. The summed E-state index contributed by atoms with van der Waals surface area (Å²) >= 11 is 0. The molecule has 1 aromatic heterocycles. The number of benzene rings is 2. The zero-order valence-corrected chi connectivity index (χ0v) is 17.2. The Kier molecular flexibility index (Phi) is 5.50. The highest BCUT2D eigenvalue weighted by molar-refractivity contribution is 5.96. The third-order valence-electron chi connectivity index (χ3n) is 4.99. The molecule has 0 saturated heterocycles. The second-order valence-electron chi connectivity index (χ2n) is 7.16. The SMILES string of the molecule is CC(=O)N(C)c1nc2ccccc2n(C(C)C(=O)Nc2cc(C)ccc2C)c1=O. The van der Waals surface area contributed by atoms with Gasteiger partial charge in [-0.2, -0.15) is 0 Å². The molecule has 0 aliphatic carbocycles. The van der Waals surface area contributed by atoms with Crippen LogP contribution >= 0.6 is 0 Å². The second kappa shape index (κ2) is 7.87. The molecule has 150 valence electrons. The van der Waals surface area contributed by atoms with E-state index in [0.29, 0.717) is 16.7 Å². The minimum atomic E-state index is -0.811. The highest BCUT2D eigenvalue weighted by atomic mass is 16.2. The van der Waals surface area contributed by atoms with E-state index in [9.17, 15) is 14.4 Å². The predicted octanol–water partition coefficient (Wildman–Crippen LogP) is 3.20. The second-order valence-corrected chi connectivity index (χ2v) is 7.16. The van der Waals surface area contributed by atoms with Gasteiger partial charge in [0.25, 0.3) is 5.56 Å². The number of para-hydroxylation sites is 2. The van der Waals surface area contributed by atoms with Crippen molar-refractivity contribution in [3.05, 3.63) is 63.9 Å². The number of carbonyl (C=O) groups excluding carboxylic acids is 2. The van der Waals surface area contributed by atoms with E-state index < -0.39 is 11.6 Å². The summed E-state index contributed by atoms with van der Waals surface area (Å²) in [4.78, 5) is 43.6. The molecule has 0 bridgehead atoms. The number of fused-ring (bicyclic) bond motifs is 1. The minimum Gasteiger partial charge on any atom is -0.324 e. The largest absolute Gasteiger partial charge is 0.324 e. The summed E-state index contributed by atoms with van der Waals surface area (Å²) in [6, 6.07) is 12.0. The molecule has 0 fully saturated rings. The topological polar surface area (TPSA) is 84.3 Å². The molecule has 7 nitrogen and oxygen atoms in total. The lowest BCUT2D eigenvalue weighted by atomic mass is 10.1. The highest BCUT2D eigenvalue weighted by Gasteiger charge is 2.24. The molecule has 1 unspecified atom stereocenters. The number of rotatable bonds is 4. The van der Waals surface area contributed by atoms with Crippen LogP contribution < -0.4 is 15.8 Å². The maximum absolute atomic E-state index is 13.2. The lowest BCUT2D eigenvalue weighted by Crippen LogP contribution is -2.37. The third-order valence-corrected chi connectivity index (χ3v) is 4.99. The van der Waals surface area contributed by atoms with Gasteiger partial charge >= 0.3 is 0 Å². The molecule has 0 spiro atoms. The fourth-order valence-corrected chi connectivity index (χ4v) is 3.12. The summed E-state index contributed by atoms with van der Waals surface area (Å²) in [6.45, 7) is 6.88. The van der Waals surface area contributed by atoms with Crippen LogP contribution in [-0.2, 0) is 9.59 Å². The van der Waals surface area contributed by atoms with E-state index >= 15 is 0 Å². The average Bonchev–Trinajstić information content (AvgIpc) is 2.69. The Hall–Kier alpha value is -3.48. The van der Waals surface area contributed by atoms with Crippen molar-refractivity contribution in [1.29, 1.82) is 0 Å². The number of nitrogens with one attached hydrogen (secondary N) is 1. The molecule has 0 aliphatic rings. The van der Waals surface area contributed by atoms with Crippen LogP contribution in [0.1, 0.15) is 31.0 Å². The van der Waals surface area contributed by atoms with Crippen molar-refractivity contribution in [3.63, 3.8) is 0 Å². The number of anilines is 2. The van der Waals surface area contributed by atoms with Gasteiger partial charge in [0, 0.05) is 19.7 Å². The molecule has 0 radical (unpaired) electrons. The Labute approximate surface area is 169 Å². The molecule has 29 heavy (non-hydrogen) atoms. The summed E-state index contributed by atoms with van der Waals surface area (Å²) in [5.41, 5.74) is 3.22. The number of aryl methyl sites for hydroxylation is 2. The molecule has 0 aliphatic heterocycles. The Bertz CT molecular complexity index is 1170. The molecule has 3 aromatic rings. The number of aromatic nitrogens is 2. The fourth-order valence-electron chi connectivity index (χ4n) is 3.12. The first-order chi connectivity index (χ1) is 13.7.